The molecule has 2 rings (SSSR count). The van der Waals surface area contributed by atoms with Crippen LogP contribution in [0.2, 0.25) is 0 Å². The summed E-state index contributed by atoms with van der Waals surface area (Å²) in [4.78, 5) is 11.5. The summed E-state index contributed by atoms with van der Waals surface area (Å²) in [5.74, 6) is -0.493. The van der Waals surface area contributed by atoms with Gasteiger partial charge in [0.05, 0.1) is 5.56 Å². The topological polar surface area (TPSA) is 88.1 Å². The molecule has 1 aromatic carbocycles. The molecule has 1 heterocycles. The fraction of sp³-hybridized carbons (Fsp3) is 0.562. The summed E-state index contributed by atoms with van der Waals surface area (Å²) in [6, 6.07) is 4.48. The molecule has 1 saturated heterocycles. The number of hydrogen-bond donors (Lipinski definition) is 2. The van der Waals surface area contributed by atoms with Crippen molar-refractivity contribution in [3.05, 3.63) is 29.8 Å². The first kappa shape index (κ1) is 21.6. The van der Waals surface area contributed by atoms with Crippen LogP contribution in [0.4, 0.5) is 13.2 Å². The SMILES string of the molecule is CC(C)(C(=O)NO)S(=O)ON1CCC(Oc2ccc(C(F)(F)F)cc2)CC1. The smallest absolute Gasteiger partial charge is 0.416 e. The zero-order chi connectivity index (χ0) is 20.2. The lowest BCUT2D eigenvalue weighted by atomic mass is 10.1. The van der Waals surface area contributed by atoms with Crippen molar-refractivity contribution in [2.75, 3.05) is 13.1 Å². The number of carbonyl (C=O) groups is 1. The standard InChI is InChI=1S/C16H21F3N2O5S/c1-15(2,14(22)20-23)27(24)26-21-9-7-13(8-10-21)25-12-5-3-11(4-6-12)16(17,18)19/h3-6,13,23H,7-10H2,1-2H3,(H,20,22). The number of hydrogen-bond acceptors (Lipinski definition) is 6. The molecule has 1 aliphatic rings. The number of hydroxylamine groups is 3. The summed E-state index contributed by atoms with van der Waals surface area (Å²) < 4.78 is 59.4. The third-order valence-electron chi connectivity index (χ3n) is 4.12. The molecule has 0 spiro atoms. The molecule has 0 aliphatic carbocycles. The van der Waals surface area contributed by atoms with E-state index in [1.54, 1.807) is 0 Å². The van der Waals surface area contributed by atoms with Gasteiger partial charge in [-0.3, -0.25) is 10.0 Å². The summed E-state index contributed by atoms with van der Waals surface area (Å²) in [6.45, 7) is 3.48. The van der Waals surface area contributed by atoms with E-state index in [9.17, 15) is 22.2 Å². The summed E-state index contributed by atoms with van der Waals surface area (Å²) in [5.41, 5.74) is 0.709. The Kier molecular flexibility index (Phi) is 6.84. The van der Waals surface area contributed by atoms with Gasteiger partial charge in [0.25, 0.3) is 5.91 Å². The molecule has 152 valence electrons. The van der Waals surface area contributed by atoms with E-state index in [0.717, 1.165) is 12.1 Å². The molecule has 0 aromatic heterocycles. The van der Waals surface area contributed by atoms with Crippen LogP contribution in [0, 0.1) is 0 Å². The van der Waals surface area contributed by atoms with Gasteiger partial charge in [0.1, 0.15) is 16.6 Å². The molecule has 11 heteroatoms. The summed E-state index contributed by atoms with van der Waals surface area (Å²) in [6.07, 6.45) is -3.60. The molecular weight excluding hydrogens is 389 g/mol. The fourth-order valence-electron chi connectivity index (χ4n) is 2.34. The van der Waals surface area contributed by atoms with Crippen molar-refractivity contribution in [1.29, 1.82) is 0 Å². The molecular formula is C16H21F3N2O5S. The molecule has 7 nitrogen and oxygen atoms in total. The first-order valence-corrected chi connectivity index (χ1v) is 9.25. The van der Waals surface area contributed by atoms with Crippen molar-refractivity contribution < 1.29 is 36.4 Å². The highest BCUT2D eigenvalue weighted by Crippen LogP contribution is 2.31. The van der Waals surface area contributed by atoms with E-state index in [1.807, 2.05) is 0 Å². The van der Waals surface area contributed by atoms with Crippen LogP contribution in [-0.2, 0) is 26.3 Å². The zero-order valence-corrected chi connectivity index (χ0v) is 15.6. The van der Waals surface area contributed by atoms with Gasteiger partial charge in [0.15, 0.2) is 11.1 Å². The van der Waals surface area contributed by atoms with E-state index >= 15 is 0 Å². The Hall–Kier alpha value is -1.69. The first-order valence-electron chi connectivity index (χ1n) is 8.17. The molecule has 1 aromatic rings. The van der Waals surface area contributed by atoms with Gasteiger partial charge < -0.3 is 4.74 Å². The Morgan fingerprint density at radius 1 is 1.22 bits per heavy atom. The van der Waals surface area contributed by atoms with Crippen molar-refractivity contribution in [3.8, 4) is 5.75 Å². The highest BCUT2D eigenvalue weighted by Gasteiger charge is 2.38. The number of rotatable bonds is 6. The fourth-order valence-corrected chi connectivity index (χ4v) is 3.06. The Labute approximate surface area is 157 Å². The lowest BCUT2D eigenvalue weighted by Crippen LogP contribution is -2.47. The molecule has 1 amide bonds. The minimum Gasteiger partial charge on any atom is -0.490 e. The summed E-state index contributed by atoms with van der Waals surface area (Å²) in [5, 5.41) is 10.1. The van der Waals surface area contributed by atoms with Crippen molar-refractivity contribution in [3.63, 3.8) is 0 Å². The number of benzene rings is 1. The van der Waals surface area contributed by atoms with E-state index in [-0.39, 0.29) is 6.10 Å². The normalized spacial score (nSPS) is 18.1. The lowest BCUT2D eigenvalue weighted by molar-refractivity contribution is -0.137. The van der Waals surface area contributed by atoms with Crippen LogP contribution in [-0.4, -0.2) is 44.3 Å². The van der Waals surface area contributed by atoms with Gasteiger partial charge in [-0.25, -0.2) is 9.69 Å². The molecule has 0 radical (unpaired) electrons. The van der Waals surface area contributed by atoms with Crippen LogP contribution in [0.3, 0.4) is 0 Å². The third-order valence-corrected chi connectivity index (χ3v) is 5.49. The minimum atomic E-state index is -4.39. The van der Waals surface area contributed by atoms with Gasteiger partial charge in [0, 0.05) is 13.1 Å². The number of piperidine rings is 1. The molecule has 0 saturated carbocycles. The Morgan fingerprint density at radius 3 is 2.26 bits per heavy atom. The summed E-state index contributed by atoms with van der Waals surface area (Å²) >= 11 is -2.01. The van der Waals surface area contributed by atoms with Gasteiger partial charge in [0.2, 0.25) is 0 Å². The zero-order valence-electron chi connectivity index (χ0n) is 14.8. The van der Waals surface area contributed by atoms with Crippen LogP contribution in [0.15, 0.2) is 24.3 Å². The number of amides is 1. The lowest BCUT2D eigenvalue weighted by Gasteiger charge is -2.32. The molecule has 1 atom stereocenters. The van der Waals surface area contributed by atoms with Gasteiger partial charge in [-0.05, 0) is 51.0 Å². The number of nitrogens with zero attached hydrogens (tertiary/aromatic N) is 1. The molecule has 2 N–H and O–H groups in total. The summed E-state index contributed by atoms with van der Waals surface area (Å²) in [7, 11) is 0. The average Bonchev–Trinajstić information content (AvgIpc) is 2.62. The number of carbonyl (C=O) groups excluding carboxylic acids is 1. The number of alkyl halides is 3. The highest BCUT2D eigenvalue weighted by atomic mass is 32.2. The van der Waals surface area contributed by atoms with Crippen LogP contribution < -0.4 is 10.2 Å². The average molecular weight is 410 g/mol. The van der Waals surface area contributed by atoms with Crippen LogP contribution >= 0.6 is 0 Å². The highest BCUT2D eigenvalue weighted by molar-refractivity contribution is 7.82. The van der Waals surface area contributed by atoms with Crippen molar-refractivity contribution >= 4 is 17.0 Å². The van der Waals surface area contributed by atoms with Crippen molar-refractivity contribution in [2.24, 2.45) is 0 Å². The van der Waals surface area contributed by atoms with E-state index in [1.165, 1.54) is 36.5 Å². The number of halogens is 3. The Balaban J connectivity index is 1.83. The monoisotopic (exact) mass is 410 g/mol. The third kappa shape index (κ3) is 5.64. The van der Waals surface area contributed by atoms with Crippen LogP contribution in [0.25, 0.3) is 0 Å². The van der Waals surface area contributed by atoms with Crippen LogP contribution in [0.5, 0.6) is 5.75 Å². The van der Waals surface area contributed by atoms with Crippen LogP contribution in [0.1, 0.15) is 32.3 Å². The first-order chi connectivity index (χ1) is 12.5. The van der Waals surface area contributed by atoms with E-state index < -0.39 is 33.5 Å². The maximum atomic E-state index is 12.6. The van der Waals surface area contributed by atoms with Gasteiger partial charge in [-0.1, -0.05) is 0 Å². The predicted molar refractivity (Wildman–Crippen MR) is 89.9 cm³/mol. The number of nitrogens with one attached hydrogen (secondary N) is 1. The van der Waals surface area contributed by atoms with Gasteiger partial charge in [-0.15, -0.1) is 0 Å². The predicted octanol–water partition coefficient (Wildman–Crippen LogP) is 2.43. The van der Waals surface area contributed by atoms with Crippen molar-refractivity contribution in [2.45, 2.75) is 43.7 Å². The molecule has 1 unspecified atom stereocenters. The van der Waals surface area contributed by atoms with E-state index in [4.69, 9.17) is 14.2 Å². The number of ether oxygens (including phenoxy) is 1. The molecule has 27 heavy (non-hydrogen) atoms. The second-order valence-corrected chi connectivity index (χ2v) is 8.17. The maximum Gasteiger partial charge on any atom is 0.416 e. The second kappa shape index (κ2) is 8.55. The van der Waals surface area contributed by atoms with E-state index in [2.05, 4.69) is 0 Å². The quantitative estimate of drug-likeness (QED) is 0.553. The second-order valence-electron chi connectivity index (χ2n) is 6.53. The molecule has 0 bridgehead atoms. The van der Waals surface area contributed by atoms with Crippen molar-refractivity contribution in [1.82, 2.24) is 10.5 Å². The maximum absolute atomic E-state index is 12.6. The Bertz CT molecular complexity index is 674. The largest absolute Gasteiger partial charge is 0.490 e. The van der Waals surface area contributed by atoms with Gasteiger partial charge in [-0.2, -0.15) is 22.5 Å². The Morgan fingerprint density at radius 2 is 1.78 bits per heavy atom. The molecule has 1 aliphatic heterocycles. The molecule has 1 fully saturated rings. The van der Waals surface area contributed by atoms with E-state index in [0.29, 0.717) is 31.7 Å². The van der Waals surface area contributed by atoms with Gasteiger partial charge >= 0.3 is 6.18 Å². The minimum absolute atomic E-state index is 0.219.